The van der Waals surface area contributed by atoms with Crippen LogP contribution in [0.1, 0.15) is 40.8 Å². The Morgan fingerprint density at radius 2 is 2.11 bits per heavy atom. The molecule has 1 aliphatic heterocycles. The molecule has 0 aromatic carbocycles. The Morgan fingerprint density at radius 3 is 2.58 bits per heavy atom. The minimum absolute atomic E-state index is 0.00731. The molecule has 1 amide bonds. The lowest BCUT2D eigenvalue weighted by molar-refractivity contribution is 0.0513. The van der Waals surface area contributed by atoms with Gasteiger partial charge in [-0.25, -0.2) is 4.79 Å². The van der Waals surface area contributed by atoms with E-state index in [1.807, 2.05) is 0 Å². The molecule has 7 heteroatoms. The molecule has 7 nitrogen and oxygen atoms in total. The predicted octanol–water partition coefficient (Wildman–Crippen LogP) is 0.606. The lowest BCUT2D eigenvalue weighted by Crippen LogP contribution is -2.40. The minimum atomic E-state index is -1.25. The van der Waals surface area contributed by atoms with Crippen molar-refractivity contribution in [2.75, 3.05) is 13.1 Å². The highest BCUT2D eigenvalue weighted by Gasteiger charge is 2.28. The van der Waals surface area contributed by atoms with Crippen LogP contribution in [-0.2, 0) is 0 Å². The normalized spacial score (nSPS) is 18.3. The molecule has 2 heterocycles. The van der Waals surface area contributed by atoms with Crippen molar-refractivity contribution >= 4 is 11.9 Å². The molecule has 1 aromatic heterocycles. The van der Waals surface area contributed by atoms with Gasteiger partial charge in [0.15, 0.2) is 5.69 Å². The smallest absolute Gasteiger partial charge is 0.374 e. The van der Waals surface area contributed by atoms with Crippen LogP contribution in [0.15, 0.2) is 10.6 Å². The molecular formula is C12H16N2O5. The Kier molecular flexibility index (Phi) is 3.84. The van der Waals surface area contributed by atoms with Crippen molar-refractivity contribution in [3.63, 3.8) is 0 Å². The Morgan fingerprint density at radius 1 is 1.47 bits per heavy atom. The third kappa shape index (κ3) is 2.93. The lowest BCUT2D eigenvalue weighted by Gasteiger charge is -2.32. The van der Waals surface area contributed by atoms with Crippen LogP contribution < -0.4 is 0 Å². The van der Waals surface area contributed by atoms with Crippen LogP contribution in [0.5, 0.6) is 0 Å². The molecule has 1 fully saturated rings. The Bertz CT molecular complexity index is 474. The number of aromatic carboxylic acids is 1. The van der Waals surface area contributed by atoms with E-state index in [1.165, 1.54) is 0 Å². The van der Waals surface area contributed by atoms with Crippen molar-refractivity contribution in [3.8, 4) is 0 Å². The number of hydrogen-bond donors (Lipinski definition) is 2. The number of likely N-dealkylation sites (tertiary alicyclic amines) is 1. The van der Waals surface area contributed by atoms with Gasteiger partial charge in [-0.1, -0.05) is 5.16 Å². The van der Waals surface area contributed by atoms with Gasteiger partial charge in [0.1, 0.15) is 0 Å². The molecular weight excluding hydrogens is 252 g/mol. The van der Waals surface area contributed by atoms with Crippen LogP contribution in [0.4, 0.5) is 0 Å². The Labute approximate surface area is 109 Å². The zero-order valence-electron chi connectivity index (χ0n) is 10.6. The van der Waals surface area contributed by atoms with Gasteiger partial charge in [-0.05, 0) is 25.7 Å². The van der Waals surface area contributed by atoms with Gasteiger partial charge < -0.3 is 19.6 Å². The zero-order chi connectivity index (χ0) is 14.0. The fraction of sp³-hybridized carbons (Fsp3) is 0.583. The van der Waals surface area contributed by atoms with Gasteiger partial charge in [-0.3, -0.25) is 4.79 Å². The van der Waals surface area contributed by atoms with Gasteiger partial charge in [-0.15, -0.1) is 0 Å². The van der Waals surface area contributed by atoms with E-state index in [0.717, 1.165) is 18.9 Å². The number of carbonyl (C=O) groups excluding carboxylic acids is 1. The lowest BCUT2D eigenvalue weighted by atomic mass is 9.92. The monoisotopic (exact) mass is 268 g/mol. The molecule has 1 atom stereocenters. The van der Waals surface area contributed by atoms with E-state index in [1.54, 1.807) is 11.8 Å². The second kappa shape index (κ2) is 5.40. The van der Waals surface area contributed by atoms with Gasteiger partial charge in [-0.2, -0.15) is 0 Å². The molecule has 0 saturated carbocycles. The van der Waals surface area contributed by atoms with Crippen LogP contribution in [0, 0.1) is 5.92 Å². The van der Waals surface area contributed by atoms with Gasteiger partial charge >= 0.3 is 5.97 Å². The van der Waals surface area contributed by atoms with Gasteiger partial charge in [0.25, 0.3) is 5.91 Å². The van der Waals surface area contributed by atoms with Crippen molar-refractivity contribution in [1.29, 1.82) is 0 Å². The number of piperidine rings is 1. The first-order valence-corrected chi connectivity index (χ1v) is 6.16. The molecule has 0 aliphatic carbocycles. The van der Waals surface area contributed by atoms with E-state index in [9.17, 15) is 14.7 Å². The second-order valence-corrected chi connectivity index (χ2v) is 4.75. The highest BCUT2D eigenvalue weighted by molar-refractivity contribution is 5.94. The summed E-state index contributed by atoms with van der Waals surface area (Å²) >= 11 is 0. The van der Waals surface area contributed by atoms with E-state index in [4.69, 9.17) is 5.11 Å². The topological polar surface area (TPSA) is 104 Å². The van der Waals surface area contributed by atoms with Crippen LogP contribution in [0.25, 0.3) is 0 Å². The number of aromatic nitrogens is 1. The molecule has 0 spiro atoms. The molecule has 2 rings (SSSR count). The molecule has 19 heavy (non-hydrogen) atoms. The zero-order valence-corrected chi connectivity index (χ0v) is 10.6. The number of carboxylic acids is 1. The molecule has 1 saturated heterocycles. The maximum absolute atomic E-state index is 12.1. The SMILES string of the molecule is CC(O)C1CCN(C(=O)c2cc(C(=O)O)on2)CC1. The third-order valence-electron chi connectivity index (χ3n) is 3.45. The summed E-state index contributed by atoms with van der Waals surface area (Å²) in [6.07, 6.45) is 1.09. The number of aliphatic hydroxyl groups is 1. The van der Waals surface area contributed by atoms with E-state index < -0.39 is 5.97 Å². The molecule has 1 aromatic rings. The minimum Gasteiger partial charge on any atom is -0.475 e. The maximum Gasteiger partial charge on any atom is 0.374 e. The summed E-state index contributed by atoms with van der Waals surface area (Å²) in [6.45, 7) is 2.81. The Hall–Kier alpha value is -1.89. The van der Waals surface area contributed by atoms with Crippen molar-refractivity contribution in [1.82, 2.24) is 10.1 Å². The number of amides is 1. The summed E-state index contributed by atoms with van der Waals surface area (Å²) in [7, 11) is 0. The largest absolute Gasteiger partial charge is 0.475 e. The van der Waals surface area contributed by atoms with Gasteiger partial charge in [0, 0.05) is 19.2 Å². The van der Waals surface area contributed by atoms with E-state index in [0.29, 0.717) is 13.1 Å². The predicted molar refractivity (Wildman–Crippen MR) is 63.8 cm³/mol. The summed E-state index contributed by atoms with van der Waals surface area (Å²) in [5.41, 5.74) is 0.00731. The van der Waals surface area contributed by atoms with Crippen molar-refractivity contribution in [2.24, 2.45) is 5.92 Å². The fourth-order valence-corrected chi connectivity index (χ4v) is 2.22. The molecule has 1 aliphatic rings. The van der Waals surface area contributed by atoms with Crippen LogP contribution in [0.3, 0.4) is 0 Å². The van der Waals surface area contributed by atoms with Gasteiger partial charge in [0.05, 0.1) is 6.10 Å². The van der Waals surface area contributed by atoms with Crippen LogP contribution in [-0.4, -0.2) is 51.3 Å². The molecule has 104 valence electrons. The van der Waals surface area contributed by atoms with Gasteiger partial charge in [0.2, 0.25) is 5.76 Å². The number of carboxylic acid groups (broad SMARTS) is 1. The summed E-state index contributed by atoms with van der Waals surface area (Å²) in [4.78, 5) is 24.3. The molecule has 0 bridgehead atoms. The highest BCUT2D eigenvalue weighted by atomic mass is 16.5. The standard InChI is InChI=1S/C12H16N2O5/c1-7(15)8-2-4-14(5-3-8)11(16)9-6-10(12(17)18)19-13-9/h6-8,15H,2-5H2,1H3,(H,17,18). The van der Waals surface area contributed by atoms with E-state index in [2.05, 4.69) is 9.68 Å². The van der Waals surface area contributed by atoms with Crippen molar-refractivity contribution in [3.05, 3.63) is 17.5 Å². The number of rotatable bonds is 3. The Balaban J connectivity index is 1.99. The number of nitrogens with zero attached hydrogens (tertiary/aromatic N) is 2. The average Bonchev–Trinajstić information content (AvgIpc) is 2.87. The van der Waals surface area contributed by atoms with Crippen LogP contribution in [0.2, 0.25) is 0 Å². The first-order chi connectivity index (χ1) is 8.99. The summed E-state index contributed by atoms with van der Waals surface area (Å²) in [6, 6.07) is 1.13. The summed E-state index contributed by atoms with van der Waals surface area (Å²) in [5.74, 6) is -1.72. The molecule has 1 unspecified atom stereocenters. The van der Waals surface area contributed by atoms with E-state index >= 15 is 0 Å². The van der Waals surface area contributed by atoms with Crippen molar-refractivity contribution < 1.29 is 24.3 Å². The van der Waals surface area contributed by atoms with Crippen molar-refractivity contribution in [2.45, 2.75) is 25.9 Å². The first-order valence-electron chi connectivity index (χ1n) is 6.16. The number of aliphatic hydroxyl groups excluding tert-OH is 1. The van der Waals surface area contributed by atoms with Crippen LogP contribution >= 0.6 is 0 Å². The van der Waals surface area contributed by atoms with E-state index in [-0.39, 0.29) is 29.4 Å². The average molecular weight is 268 g/mol. The fourth-order valence-electron chi connectivity index (χ4n) is 2.22. The number of hydrogen-bond acceptors (Lipinski definition) is 5. The highest BCUT2D eigenvalue weighted by Crippen LogP contribution is 2.21. The summed E-state index contributed by atoms with van der Waals surface area (Å²) < 4.78 is 4.56. The second-order valence-electron chi connectivity index (χ2n) is 4.75. The number of carbonyl (C=O) groups is 2. The third-order valence-corrected chi connectivity index (χ3v) is 3.45. The quantitative estimate of drug-likeness (QED) is 0.832. The first kappa shape index (κ1) is 13.5. The summed E-state index contributed by atoms with van der Waals surface area (Å²) in [5, 5.41) is 21.7. The molecule has 0 radical (unpaired) electrons. The molecule has 2 N–H and O–H groups in total. The maximum atomic E-state index is 12.1.